The summed E-state index contributed by atoms with van der Waals surface area (Å²) in [5.41, 5.74) is 0.446. The third-order valence-corrected chi connectivity index (χ3v) is 2.69. The lowest BCUT2D eigenvalue weighted by molar-refractivity contribution is -0.385. The molecular formula is C13H12N4O4. The Morgan fingerprint density at radius 3 is 2.43 bits per heavy atom. The van der Waals surface area contributed by atoms with Gasteiger partial charge in [0.2, 0.25) is 5.95 Å². The molecule has 0 radical (unpaired) electrons. The van der Waals surface area contributed by atoms with Crippen molar-refractivity contribution in [1.29, 1.82) is 0 Å². The molecule has 0 fully saturated rings. The van der Waals surface area contributed by atoms with Gasteiger partial charge in [-0.25, -0.2) is 14.8 Å². The molecule has 8 heteroatoms. The number of methoxy groups -OCH3 is 1. The Hall–Kier alpha value is -3.03. The summed E-state index contributed by atoms with van der Waals surface area (Å²) in [6.45, 7) is 0. The number of nitrogens with zero attached hydrogens (tertiary/aromatic N) is 3. The van der Waals surface area contributed by atoms with Crippen LogP contribution in [0.4, 0.5) is 11.6 Å². The third kappa shape index (κ3) is 3.50. The van der Waals surface area contributed by atoms with Gasteiger partial charge in [0, 0.05) is 0 Å². The van der Waals surface area contributed by atoms with Gasteiger partial charge >= 0.3 is 11.7 Å². The minimum atomic E-state index is -0.794. The van der Waals surface area contributed by atoms with E-state index >= 15 is 0 Å². The second-order valence-corrected chi connectivity index (χ2v) is 4.03. The molecule has 1 aromatic heterocycles. The molecule has 21 heavy (non-hydrogen) atoms. The van der Waals surface area contributed by atoms with E-state index < -0.39 is 16.9 Å². The van der Waals surface area contributed by atoms with Crippen LogP contribution in [0.2, 0.25) is 0 Å². The number of carbonyl (C=O) groups is 1. The molecule has 108 valence electrons. The van der Waals surface area contributed by atoms with Crippen LogP contribution in [0.1, 0.15) is 11.6 Å². The molecular weight excluding hydrogens is 276 g/mol. The quantitative estimate of drug-likeness (QED) is 0.507. The highest BCUT2D eigenvalue weighted by molar-refractivity contribution is 5.80. The second kappa shape index (κ2) is 6.42. The number of hydrogen-bond donors (Lipinski definition) is 1. The molecule has 1 atom stereocenters. The number of nitrogens with one attached hydrogen (secondary N) is 1. The van der Waals surface area contributed by atoms with E-state index in [-0.39, 0.29) is 11.6 Å². The molecule has 1 N–H and O–H groups in total. The van der Waals surface area contributed by atoms with Crippen molar-refractivity contribution in [2.75, 3.05) is 12.4 Å². The van der Waals surface area contributed by atoms with Gasteiger partial charge < -0.3 is 10.1 Å². The number of hydrogen-bond acceptors (Lipinski definition) is 7. The van der Waals surface area contributed by atoms with E-state index in [1.54, 1.807) is 24.3 Å². The highest BCUT2D eigenvalue weighted by Gasteiger charge is 2.22. The Bertz CT molecular complexity index is 630. The van der Waals surface area contributed by atoms with Crippen LogP contribution in [0.15, 0.2) is 42.7 Å². The zero-order chi connectivity index (χ0) is 15.2. The minimum absolute atomic E-state index is 0.0971. The number of aromatic nitrogens is 2. The Morgan fingerprint density at radius 1 is 1.29 bits per heavy atom. The third-order valence-electron chi connectivity index (χ3n) is 2.69. The van der Waals surface area contributed by atoms with Crippen LogP contribution in [0.3, 0.4) is 0 Å². The fourth-order valence-corrected chi connectivity index (χ4v) is 1.66. The summed E-state index contributed by atoms with van der Waals surface area (Å²) in [6.07, 6.45) is 2.13. The number of esters is 1. The molecule has 0 bridgehead atoms. The summed E-state index contributed by atoms with van der Waals surface area (Å²) in [4.78, 5) is 29.4. The van der Waals surface area contributed by atoms with Crippen molar-refractivity contribution in [3.8, 4) is 0 Å². The largest absolute Gasteiger partial charge is 0.467 e. The monoisotopic (exact) mass is 288 g/mol. The molecule has 0 saturated carbocycles. The molecule has 0 aliphatic heterocycles. The first-order valence-electron chi connectivity index (χ1n) is 5.97. The normalized spacial score (nSPS) is 11.5. The predicted octanol–water partition coefficient (Wildman–Crippen LogP) is 1.71. The highest BCUT2D eigenvalue weighted by atomic mass is 16.6. The lowest BCUT2D eigenvalue weighted by Gasteiger charge is -2.16. The number of nitro groups is 1. The highest BCUT2D eigenvalue weighted by Crippen LogP contribution is 2.19. The van der Waals surface area contributed by atoms with Gasteiger partial charge in [-0.1, -0.05) is 30.3 Å². The Balaban J connectivity index is 2.23. The maximum Gasteiger partial charge on any atom is 0.333 e. The molecule has 0 spiro atoms. The lowest BCUT2D eigenvalue weighted by atomic mass is 10.1. The number of carbonyl (C=O) groups excluding carboxylic acids is 1. The van der Waals surface area contributed by atoms with Gasteiger partial charge in [-0.15, -0.1) is 0 Å². The molecule has 2 rings (SSSR count). The predicted molar refractivity (Wildman–Crippen MR) is 73.5 cm³/mol. The van der Waals surface area contributed by atoms with E-state index in [1.807, 2.05) is 6.07 Å². The van der Waals surface area contributed by atoms with Crippen molar-refractivity contribution in [3.05, 3.63) is 58.4 Å². The van der Waals surface area contributed by atoms with Crippen LogP contribution in [-0.4, -0.2) is 28.0 Å². The van der Waals surface area contributed by atoms with Crippen LogP contribution in [0.5, 0.6) is 0 Å². The summed E-state index contributed by atoms with van der Waals surface area (Å²) in [5.74, 6) is -0.414. The summed E-state index contributed by atoms with van der Waals surface area (Å²) >= 11 is 0. The van der Waals surface area contributed by atoms with Crippen LogP contribution < -0.4 is 5.32 Å². The average Bonchev–Trinajstić information content (AvgIpc) is 2.53. The van der Waals surface area contributed by atoms with E-state index in [2.05, 4.69) is 15.3 Å². The fourth-order valence-electron chi connectivity index (χ4n) is 1.66. The molecule has 0 saturated heterocycles. The van der Waals surface area contributed by atoms with E-state index in [0.29, 0.717) is 5.56 Å². The molecule has 8 nitrogen and oxygen atoms in total. The summed E-state index contributed by atoms with van der Waals surface area (Å²) < 4.78 is 4.74. The van der Waals surface area contributed by atoms with Crippen LogP contribution in [0.25, 0.3) is 0 Å². The van der Waals surface area contributed by atoms with Gasteiger partial charge in [-0.05, 0) is 5.56 Å². The topological polar surface area (TPSA) is 107 Å². The molecule has 0 amide bonds. The van der Waals surface area contributed by atoms with Crippen molar-refractivity contribution >= 4 is 17.6 Å². The van der Waals surface area contributed by atoms with Gasteiger partial charge in [0.25, 0.3) is 0 Å². The Labute approximate surface area is 120 Å². The van der Waals surface area contributed by atoms with Crippen LogP contribution in [0, 0.1) is 10.1 Å². The van der Waals surface area contributed by atoms with Gasteiger partial charge in [-0.2, -0.15) is 0 Å². The SMILES string of the molecule is COC(=O)C(Nc1ncc([N+](=O)[O-])cn1)c1ccccc1. The summed E-state index contributed by atoms with van der Waals surface area (Å²) in [7, 11) is 1.27. The smallest absolute Gasteiger partial charge is 0.333 e. The van der Waals surface area contributed by atoms with Gasteiger partial charge in [0.1, 0.15) is 12.4 Å². The van der Waals surface area contributed by atoms with Crippen molar-refractivity contribution in [2.45, 2.75) is 6.04 Å². The Morgan fingerprint density at radius 2 is 1.90 bits per heavy atom. The first-order chi connectivity index (χ1) is 10.1. The molecule has 0 aliphatic carbocycles. The number of rotatable bonds is 5. The lowest BCUT2D eigenvalue weighted by Crippen LogP contribution is -2.23. The van der Waals surface area contributed by atoms with E-state index in [0.717, 1.165) is 12.4 Å². The second-order valence-electron chi connectivity index (χ2n) is 4.03. The van der Waals surface area contributed by atoms with Crippen molar-refractivity contribution in [1.82, 2.24) is 9.97 Å². The maximum absolute atomic E-state index is 11.8. The summed E-state index contributed by atoms with van der Waals surface area (Å²) in [5, 5.41) is 13.3. The zero-order valence-electron chi connectivity index (χ0n) is 11.1. The molecule has 2 aromatic rings. The minimum Gasteiger partial charge on any atom is -0.467 e. The average molecular weight is 288 g/mol. The fraction of sp³-hybridized carbons (Fsp3) is 0.154. The van der Waals surface area contributed by atoms with Crippen LogP contribution in [-0.2, 0) is 9.53 Å². The molecule has 1 heterocycles. The first kappa shape index (κ1) is 14.4. The Kier molecular flexibility index (Phi) is 4.39. The first-order valence-corrected chi connectivity index (χ1v) is 5.97. The number of ether oxygens (including phenoxy) is 1. The maximum atomic E-state index is 11.8. The van der Waals surface area contributed by atoms with Crippen molar-refractivity contribution < 1.29 is 14.5 Å². The summed E-state index contributed by atoms with van der Waals surface area (Å²) in [6, 6.07) is 8.09. The van der Waals surface area contributed by atoms with E-state index in [9.17, 15) is 14.9 Å². The van der Waals surface area contributed by atoms with Gasteiger partial charge in [0.05, 0.1) is 12.0 Å². The molecule has 1 aromatic carbocycles. The van der Waals surface area contributed by atoms with Gasteiger partial charge in [-0.3, -0.25) is 10.1 Å². The number of anilines is 1. The van der Waals surface area contributed by atoms with Gasteiger partial charge in [0.15, 0.2) is 6.04 Å². The standard InChI is InChI=1S/C13H12N4O4/c1-21-12(18)11(9-5-3-2-4-6-9)16-13-14-7-10(8-15-13)17(19)20/h2-8,11H,1H3,(H,14,15,16). The zero-order valence-corrected chi connectivity index (χ0v) is 11.1. The molecule has 1 unspecified atom stereocenters. The molecule has 0 aliphatic rings. The van der Waals surface area contributed by atoms with Crippen LogP contribution >= 0.6 is 0 Å². The van der Waals surface area contributed by atoms with E-state index in [4.69, 9.17) is 4.74 Å². The van der Waals surface area contributed by atoms with Crippen molar-refractivity contribution in [2.24, 2.45) is 0 Å². The van der Waals surface area contributed by atoms with Crippen molar-refractivity contribution in [3.63, 3.8) is 0 Å². The van der Waals surface area contributed by atoms with E-state index in [1.165, 1.54) is 7.11 Å². The number of benzene rings is 1.